The summed E-state index contributed by atoms with van der Waals surface area (Å²) in [5, 5.41) is 3.82. The smallest absolute Gasteiger partial charge is 0.244 e. The van der Waals surface area contributed by atoms with Gasteiger partial charge in [0.05, 0.1) is 19.7 Å². The maximum atomic E-state index is 13.2. The van der Waals surface area contributed by atoms with E-state index in [1.54, 1.807) is 0 Å². The van der Waals surface area contributed by atoms with Crippen molar-refractivity contribution in [3.63, 3.8) is 0 Å². The molecule has 1 N–H and O–H groups in total. The maximum Gasteiger partial charge on any atom is 0.244 e. The summed E-state index contributed by atoms with van der Waals surface area (Å²) in [7, 11) is 1.48. The van der Waals surface area contributed by atoms with E-state index in [-0.39, 0.29) is 12.3 Å². The molecule has 0 atom stereocenters. The minimum absolute atomic E-state index is 0.213. The monoisotopic (exact) mass is 364 g/mol. The number of hydrogen-bond donors (Lipinski definition) is 1. The van der Waals surface area contributed by atoms with E-state index in [0.29, 0.717) is 11.3 Å². The fourth-order valence-electron chi connectivity index (χ4n) is 1.81. The van der Waals surface area contributed by atoms with Crippen molar-refractivity contribution in [2.45, 2.75) is 6.42 Å². The van der Waals surface area contributed by atoms with Gasteiger partial charge in [0.15, 0.2) is 0 Å². The first kappa shape index (κ1) is 16.2. The van der Waals surface area contributed by atoms with Gasteiger partial charge in [-0.25, -0.2) is 9.82 Å². The van der Waals surface area contributed by atoms with Gasteiger partial charge in [-0.05, 0) is 35.9 Å². The second-order valence-corrected chi connectivity index (χ2v) is 5.40. The van der Waals surface area contributed by atoms with Crippen LogP contribution >= 0.6 is 15.9 Å². The summed E-state index contributed by atoms with van der Waals surface area (Å²) >= 11 is 3.33. The maximum absolute atomic E-state index is 13.2. The van der Waals surface area contributed by atoms with Crippen LogP contribution in [-0.4, -0.2) is 19.2 Å². The third-order valence-electron chi connectivity index (χ3n) is 2.86. The van der Waals surface area contributed by atoms with Gasteiger partial charge in [-0.15, -0.1) is 0 Å². The van der Waals surface area contributed by atoms with Gasteiger partial charge >= 0.3 is 0 Å². The Labute approximate surface area is 136 Å². The lowest BCUT2D eigenvalue weighted by molar-refractivity contribution is -0.120. The molecule has 0 aliphatic carbocycles. The molecular formula is C16H14BrFN2O2. The van der Waals surface area contributed by atoms with Gasteiger partial charge in [-0.3, -0.25) is 4.79 Å². The zero-order valence-corrected chi connectivity index (χ0v) is 13.4. The number of hydrazone groups is 1. The SMILES string of the molecule is COc1ccc(F)cc1/C=N\NC(=O)Cc1ccc(Br)cc1. The predicted molar refractivity (Wildman–Crippen MR) is 86.5 cm³/mol. The first-order chi connectivity index (χ1) is 10.6. The average molecular weight is 365 g/mol. The van der Waals surface area contributed by atoms with Crippen molar-refractivity contribution in [2.24, 2.45) is 5.10 Å². The van der Waals surface area contributed by atoms with Gasteiger partial charge < -0.3 is 4.74 Å². The van der Waals surface area contributed by atoms with E-state index in [4.69, 9.17) is 4.74 Å². The number of nitrogens with zero attached hydrogens (tertiary/aromatic N) is 1. The summed E-state index contributed by atoms with van der Waals surface area (Å²) in [5.41, 5.74) is 3.73. The molecule has 0 saturated carbocycles. The summed E-state index contributed by atoms with van der Waals surface area (Å²) < 4.78 is 19.2. The van der Waals surface area contributed by atoms with Gasteiger partial charge in [0.2, 0.25) is 5.91 Å². The Hall–Kier alpha value is -2.21. The van der Waals surface area contributed by atoms with Crippen molar-refractivity contribution in [1.82, 2.24) is 5.43 Å². The second kappa shape index (κ2) is 7.70. The standard InChI is InChI=1S/C16H14BrFN2O2/c1-22-15-7-6-14(18)9-12(15)10-19-20-16(21)8-11-2-4-13(17)5-3-11/h2-7,9-10H,8H2,1H3,(H,20,21)/b19-10-. The molecule has 2 aromatic carbocycles. The van der Waals surface area contributed by atoms with Crippen molar-refractivity contribution in [2.75, 3.05) is 7.11 Å². The topological polar surface area (TPSA) is 50.7 Å². The highest BCUT2D eigenvalue weighted by molar-refractivity contribution is 9.10. The normalized spacial score (nSPS) is 10.7. The van der Waals surface area contributed by atoms with E-state index in [2.05, 4.69) is 26.5 Å². The molecule has 1 amide bonds. The molecule has 0 aliphatic rings. The van der Waals surface area contributed by atoms with Crippen molar-refractivity contribution in [3.8, 4) is 5.75 Å². The number of nitrogens with one attached hydrogen (secondary N) is 1. The molecule has 4 nitrogen and oxygen atoms in total. The molecule has 114 valence electrons. The molecule has 0 fully saturated rings. The predicted octanol–water partition coefficient (Wildman–Crippen LogP) is 3.29. The van der Waals surface area contributed by atoms with Crippen LogP contribution in [0.4, 0.5) is 4.39 Å². The minimum Gasteiger partial charge on any atom is -0.496 e. The van der Waals surface area contributed by atoms with Crippen LogP contribution in [0.15, 0.2) is 52.0 Å². The van der Waals surface area contributed by atoms with Gasteiger partial charge in [0.1, 0.15) is 11.6 Å². The number of hydrogen-bond acceptors (Lipinski definition) is 3. The summed E-state index contributed by atoms with van der Waals surface area (Å²) in [6.45, 7) is 0. The molecule has 0 unspecified atom stereocenters. The van der Waals surface area contributed by atoms with Crippen molar-refractivity contribution < 1.29 is 13.9 Å². The van der Waals surface area contributed by atoms with E-state index >= 15 is 0 Å². The first-order valence-electron chi connectivity index (χ1n) is 6.48. The van der Waals surface area contributed by atoms with E-state index in [9.17, 15) is 9.18 Å². The third kappa shape index (κ3) is 4.66. The largest absolute Gasteiger partial charge is 0.496 e. The lowest BCUT2D eigenvalue weighted by atomic mass is 10.1. The molecule has 0 bridgehead atoms. The van der Waals surface area contributed by atoms with Gasteiger partial charge in [0.25, 0.3) is 0 Å². The van der Waals surface area contributed by atoms with Crippen LogP contribution in [0.3, 0.4) is 0 Å². The molecule has 2 rings (SSSR count). The summed E-state index contributed by atoms with van der Waals surface area (Å²) in [6.07, 6.45) is 1.56. The summed E-state index contributed by atoms with van der Waals surface area (Å²) in [6, 6.07) is 11.5. The second-order valence-electron chi connectivity index (χ2n) is 4.48. The minimum atomic E-state index is -0.400. The number of carbonyl (C=O) groups excluding carboxylic acids is 1. The molecule has 2 aromatic rings. The van der Waals surface area contributed by atoms with Crippen LogP contribution in [0.5, 0.6) is 5.75 Å². The Bertz CT molecular complexity index is 687. The Balaban J connectivity index is 1.96. The summed E-state index contributed by atoms with van der Waals surface area (Å²) in [4.78, 5) is 11.8. The Morgan fingerprint density at radius 2 is 2.05 bits per heavy atom. The highest BCUT2D eigenvalue weighted by Gasteiger charge is 2.04. The van der Waals surface area contributed by atoms with Crippen LogP contribution in [0.2, 0.25) is 0 Å². The lowest BCUT2D eigenvalue weighted by Gasteiger charge is -2.04. The average Bonchev–Trinajstić information content (AvgIpc) is 2.50. The number of benzene rings is 2. The number of halogens is 2. The molecule has 0 heterocycles. The van der Waals surface area contributed by atoms with Crippen LogP contribution in [-0.2, 0) is 11.2 Å². The zero-order chi connectivity index (χ0) is 15.9. The lowest BCUT2D eigenvalue weighted by Crippen LogP contribution is -2.19. The molecule has 0 spiro atoms. The van der Waals surface area contributed by atoms with E-state index in [1.165, 1.54) is 31.5 Å². The zero-order valence-electron chi connectivity index (χ0n) is 11.8. The highest BCUT2D eigenvalue weighted by atomic mass is 79.9. The van der Waals surface area contributed by atoms with Crippen LogP contribution in [0.25, 0.3) is 0 Å². The quantitative estimate of drug-likeness (QED) is 0.653. The number of amides is 1. The molecule has 6 heteroatoms. The van der Waals surface area contributed by atoms with Gasteiger partial charge in [-0.2, -0.15) is 5.10 Å². The number of rotatable bonds is 5. The van der Waals surface area contributed by atoms with Crippen LogP contribution in [0.1, 0.15) is 11.1 Å². The summed E-state index contributed by atoms with van der Waals surface area (Å²) in [5.74, 6) is -0.176. The van der Waals surface area contributed by atoms with Crippen molar-refractivity contribution >= 4 is 28.1 Å². The van der Waals surface area contributed by atoms with Gasteiger partial charge in [-0.1, -0.05) is 28.1 Å². The fraction of sp³-hybridized carbons (Fsp3) is 0.125. The first-order valence-corrected chi connectivity index (χ1v) is 7.27. The number of carbonyl (C=O) groups is 1. The van der Waals surface area contributed by atoms with Crippen LogP contribution < -0.4 is 10.2 Å². The van der Waals surface area contributed by atoms with E-state index in [0.717, 1.165) is 10.0 Å². The van der Waals surface area contributed by atoms with Crippen molar-refractivity contribution in [1.29, 1.82) is 0 Å². The van der Waals surface area contributed by atoms with E-state index in [1.807, 2.05) is 24.3 Å². The molecule has 22 heavy (non-hydrogen) atoms. The third-order valence-corrected chi connectivity index (χ3v) is 3.39. The van der Waals surface area contributed by atoms with Gasteiger partial charge in [0, 0.05) is 10.0 Å². The Morgan fingerprint density at radius 1 is 1.32 bits per heavy atom. The molecule has 0 aliphatic heterocycles. The molecule has 0 radical (unpaired) electrons. The highest BCUT2D eigenvalue weighted by Crippen LogP contribution is 2.17. The molecular weight excluding hydrogens is 351 g/mol. The Kier molecular flexibility index (Phi) is 5.66. The Morgan fingerprint density at radius 3 is 2.73 bits per heavy atom. The molecule has 0 saturated heterocycles. The fourth-order valence-corrected chi connectivity index (χ4v) is 2.07. The molecule has 0 aromatic heterocycles. The van der Waals surface area contributed by atoms with Crippen LogP contribution in [0, 0.1) is 5.82 Å². The number of methoxy groups -OCH3 is 1. The van der Waals surface area contributed by atoms with Crippen molar-refractivity contribution in [3.05, 3.63) is 63.9 Å². The van der Waals surface area contributed by atoms with E-state index < -0.39 is 5.82 Å². The number of ether oxygens (including phenoxy) is 1.